The van der Waals surface area contributed by atoms with Crippen LogP contribution in [0.25, 0.3) is 11.3 Å². The van der Waals surface area contributed by atoms with Crippen LogP contribution in [0.1, 0.15) is 17.4 Å². The highest BCUT2D eigenvalue weighted by molar-refractivity contribution is 5.92. The Balaban J connectivity index is 2.38. The summed E-state index contributed by atoms with van der Waals surface area (Å²) in [6, 6.07) is 13.0. The number of hydrogen-bond acceptors (Lipinski definition) is 3. The first-order valence-corrected chi connectivity index (χ1v) is 5.33. The van der Waals surface area contributed by atoms with E-state index in [-0.39, 0.29) is 5.78 Å². The first-order valence-electron chi connectivity index (χ1n) is 5.33. The lowest BCUT2D eigenvalue weighted by Gasteiger charge is -2.04. The minimum Gasteiger partial charge on any atom is -0.497 e. The number of carbonyl (C=O) groups is 1. The minimum atomic E-state index is -0.0274. The summed E-state index contributed by atoms with van der Waals surface area (Å²) in [5, 5.41) is 0. The van der Waals surface area contributed by atoms with Crippen molar-refractivity contribution in [3.8, 4) is 17.0 Å². The molecule has 0 fully saturated rings. The molecular formula is C14H13NO2. The van der Waals surface area contributed by atoms with Crippen molar-refractivity contribution in [1.29, 1.82) is 0 Å². The van der Waals surface area contributed by atoms with Gasteiger partial charge in [0.25, 0.3) is 0 Å². The van der Waals surface area contributed by atoms with Crippen LogP contribution in [0.4, 0.5) is 0 Å². The van der Waals surface area contributed by atoms with Gasteiger partial charge in [-0.15, -0.1) is 0 Å². The molecule has 3 heteroatoms. The third-order valence-corrected chi connectivity index (χ3v) is 2.50. The highest BCUT2D eigenvalue weighted by Gasteiger charge is 2.04. The molecule has 0 bridgehead atoms. The molecule has 0 aliphatic carbocycles. The summed E-state index contributed by atoms with van der Waals surface area (Å²) in [7, 11) is 1.63. The van der Waals surface area contributed by atoms with E-state index in [9.17, 15) is 4.79 Å². The summed E-state index contributed by atoms with van der Waals surface area (Å²) < 4.78 is 5.09. The Morgan fingerprint density at radius 3 is 2.41 bits per heavy atom. The summed E-state index contributed by atoms with van der Waals surface area (Å²) in [6.45, 7) is 1.51. The zero-order chi connectivity index (χ0) is 12.3. The summed E-state index contributed by atoms with van der Waals surface area (Å²) >= 11 is 0. The van der Waals surface area contributed by atoms with Crippen molar-refractivity contribution in [2.75, 3.05) is 7.11 Å². The molecule has 0 spiro atoms. The van der Waals surface area contributed by atoms with Gasteiger partial charge in [-0.1, -0.05) is 6.07 Å². The van der Waals surface area contributed by atoms with Crippen LogP contribution in [0.15, 0.2) is 42.5 Å². The number of aromatic nitrogens is 1. The Morgan fingerprint density at radius 2 is 1.82 bits per heavy atom. The third kappa shape index (κ3) is 2.50. The highest BCUT2D eigenvalue weighted by Crippen LogP contribution is 2.20. The lowest BCUT2D eigenvalue weighted by Crippen LogP contribution is -1.97. The van der Waals surface area contributed by atoms with Crippen molar-refractivity contribution in [3.05, 3.63) is 48.2 Å². The molecule has 1 aromatic carbocycles. The fraction of sp³-hybridized carbons (Fsp3) is 0.143. The van der Waals surface area contributed by atoms with Crippen LogP contribution in [-0.2, 0) is 0 Å². The summed E-state index contributed by atoms with van der Waals surface area (Å²) in [5.74, 6) is 0.775. The van der Waals surface area contributed by atoms with Gasteiger partial charge in [-0.05, 0) is 36.4 Å². The number of nitrogens with zero attached hydrogens (tertiary/aromatic N) is 1. The second-order valence-electron chi connectivity index (χ2n) is 3.69. The lowest BCUT2D eigenvalue weighted by molar-refractivity contribution is 0.101. The molecule has 3 nitrogen and oxygen atoms in total. The molecule has 0 amide bonds. The molecule has 86 valence electrons. The van der Waals surface area contributed by atoms with Crippen LogP contribution < -0.4 is 4.74 Å². The molecule has 2 aromatic rings. The van der Waals surface area contributed by atoms with Crippen LogP contribution in [0.5, 0.6) is 5.75 Å². The standard InChI is InChI=1S/C14H13NO2/c1-10(16)13-4-3-5-14(15-13)11-6-8-12(17-2)9-7-11/h3-9H,1-2H3. The number of benzene rings is 1. The summed E-state index contributed by atoms with van der Waals surface area (Å²) in [6.07, 6.45) is 0. The van der Waals surface area contributed by atoms with Gasteiger partial charge in [0.2, 0.25) is 0 Å². The van der Waals surface area contributed by atoms with Crippen molar-refractivity contribution in [3.63, 3.8) is 0 Å². The molecule has 0 saturated heterocycles. The second kappa shape index (κ2) is 4.78. The van der Waals surface area contributed by atoms with Crippen LogP contribution in [0, 0.1) is 0 Å². The van der Waals surface area contributed by atoms with Crippen molar-refractivity contribution >= 4 is 5.78 Å². The maximum atomic E-state index is 11.2. The monoisotopic (exact) mass is 227 g/mol. The van der Waals surface area contributed by atoms with Gasteiger partial charge in [-0.25, -0.2) is 4.98 Å². The van der Waals surface area contributed by atoms with E-state index in [0.29, 0.717) is 5.69 Å². The van der Waals surface area contributed by atoms with Gasteiger partial charge in [0.1, 0.15) is 11.4 Å². The van der Waals surface area contributed by atoms with E-state index < -0.39 is 0 Å². The van der Waals surface area contributed by atoms with Gasteiger partial charge < -0.3 is 4.74 Å². The van der Waals surface area contributed by atoms with Gasteiger partial charge in [-0.3, -0.25) is 4.79 Å². The molecule has 0 radical (unpaired) electrons. The van der Waals surface area contributed by atoms with Gasteiger partial charge >= 0.3 is 0 Å². The summed E-state index contributed by atoms with van der Waals surface area (Å²) in [5.41, 5.74) is 2.24. The average molecular weight is 227 g/mol. The molecule has 17 heavy (non-hydrogen) atoms. The van der Waals surface area contributed by atoms with E-state index in [1.165, 1.54) is 6.92 Å². The molecule has 0 aliphatic rings. The number of methoxy groups -OCH3 is 1. The lowest BCUT2D eigenvalue weighted by atomic mass is 10.1. The molecule has 1 heterocycles. The Hall–Kier alpha value is -2.16. The number of pyridine rings is 1. The van der Waals surface area contributed by atoms with Crippen LogP contribution >= 0.6 is 0 Å². The predicted octanol–water partition coefficient (Wildman–Crippen LogP) is 2.96. The Morgan fingerprint density at radius 1 is 1.12 bits per heavy atom. The second-order valence-corrected chi connectivity index (χ2v) is 3.69. The average Bonchev–Trinajstić information content (AvgIpc) is 2.39. The topological polar surface area (TPSA) is 39.2 Å². The molecular weight excluding hydrogens is 214 g/mol. The normalized spacial score (nSPS) is 10.0. The molecule has 0 atom stereocenters. The largest absolute Gasteiger partial charge is 0.497 e. The van der Waals surface area contributed by atoms with Crippen molar-refractivity contribution in [2.24, 2.45) is 0 Å². The molecule has 0 N–H and O–H groups in total. The SMILES string of the molecule is COc1ccc(-c2cccc(C(C)=O)n2)cc1. The number of hydrogen-bond donors (Lipinski definition) is 0. The molecule has 0 saturated carbocycles. The number of ketones is 1. The molecule has 1 aromatic heterocycles. The first kappa shape index (κ1) is 11.3. The fourth-order valence-corrected chi connectivity index (χ4v) is 1.55. The zero-order valence-corrected chi connectivity index (χ0v) is 9.81. The number of Topliss-reactive ketones (excluding diaryl/α,β-unsaturated/α-hetero) is 1. The number of rotatable bonds is 3. The molecule has 2 rings (SSSR count). The van der Waals surface area contributed by atoms with Crippen molar-refractivity contribution in [2.45, 2.75) is 6.92 Å². The highest BCUT2D eigenvalue weighted by atomic mass is 16.5. The van der Waals surface area contributed by atoms with Gasteiger partial charge in [-0.2, -0.15) is 0 Å². The van der Waals surface area contributed by atoms with Gasteiger partial charge in [0.15, 0.2) is 5.78 Å². The van der Waals surface area contributed by atoms with Gasteiger partial charge in [0.05, 0.1) is 12.8 Å². The number of ether oxygens (including phenoxy) is 1. The van der Waals surface area contributed by atoms with Crippen molar-refractivity contribution in [1.82, 2.24) is 4.98 Å². The summed E-state index contributed by atoms with van der Waals surface area (Å²) in [4.78, 5) is 15.6. The van der Waals surface area contributed by atoms with Crippen LogP contribution in [0.3, 0.4) is 0 Å². The zero-order valence-electron chi connectivity index (χ0n) is 9.81. The maximum Gasteiger partial charge on any atom is 0.178 e. The van der Waals surface area contributed by atoms with Crippen LogP contribution in [0.2, 0.25) is 0 Å². The van der Waals surface area contributed by atoms with Crippen molar-refractivity contribution < 1.29 is 9.53 Å². The van der Waals surface area contributed by atoms with E-state index in [2.05, 4.69) is 4.98 Å². The van der Waals surface area contributed by atoms with Crippen LogP contribution in [-0.4, -0.2) is 17.9 Å². The molecule has 0 aliphatic heterocycles. The first-order chi connectivity index (χ1) is 8.20. The maximum absolute atomic E-state index is 11.2. The number of carbonyl (C=O) groups excluding carboxylic acids is 1. The predicted molar refractivity (Wildman–Crippen MR) is 66.2 cm³/mol. The fourth-order valence-electron chi connectivity index (χ4n) is 1.55. The van der Waals surface area contributed by atoms with E-state index in [4.69, 9.17) is 4.74 Å². The third-order valence-electron chi connectivity index (χ3n) is 2.50. The Labute approximate surface area is 100 Å². The van der Waals surface area contributed by atoms with E-state index in [0.717, 1.165) is 17.0 Å². The smallest absolute Gasteiger partial charge is 0.178 e. The van der Waals surface area contributed by atoms with E-state index >= 15 is 0 Å². The Kier molecular flexibility index (Phi) is 3.19. The minimum absolute atomic E-state index is 0.0274. The van der Waals surface area contributed by atoms with E-state index in [1.807, 2.05) is 36.4 Å². The van der Waals surface area contributed by atoms with E-state index in [1.54, 1.807) is 13.2 Å². The van der Waals surface area contributed by atoms with Gasteiger partial charge in [0, 0.05) is 12.5 Å². The quantitative estimate of drug-likeness (QED) is 0.757. The molecule has 0 unspecified atom stereocenters. The Bertz CT molecular complexity index is 532.